The third kappa shape index (κ3) is 2.78. The summed E-state index contributed by atoms with van der Waals surface area (Å²) in [6.45, 7) is 2.27. The fourth-order valence-corrected chi connectivity index (χ4v) is 1.63. The molecule has 0 aliphatic carbocycles. The average molecular weight is 199 g/mol. The number of nitrogens with zero attached hydrogens (tertiary/aromatic N) is 2. The number of hydrogen-bond acceptors (Lipinski definition) is 4. The molecule has 0 saturated carbocycles. The number of amides is 1. The molecule has 0 aliphatic rings. The van der Waals surface area contributed by atoms with E-state index in [9.17, 15) is 4.79 Å². The standard InChI is InChI=1S/C8H13N3OS/c1-6(9)8(12)11(2)4-7-3-10-5-13-7/h3,5-6H,4,9H2,1-2H3. The molecule has 0 fully saturated rings. The summed E-state index contributed by atoms with van der Waals surface area (Å²) in [7, 11) is 1.74. The number of hydrogen-bond donors (Lipinski definition) is 1. The van der Waals surface area contributed by atoms with E-state index in [4.69, 9.17) is 5.73 Å². The highest BCUT2D eigenvalue weighted by molar-refractivity contribution is 7.09. The van der Waals surface area contributed by atoms with Crippen molar-refractivity contribution < 1.29 is 4.79 Å². The maximum Gasteiger partial charge on any atom is 0.239 e. The van der Waals surface area contributed by atoms with Crippen molar-refractivity contribution in [2.75, 3.05) is 7.05 Å². The van der Waals surface area contributed by atoms with Gasteiger partial charge in [-0.3, -0.25) is 9.78 Å². The van der Waals surface area contributed by atoms with Crippen LogP contribution in [0.25, 0.3) is 0 Å². The second-order valence-electron chi connectivity index (χ2n) is 2.95. The molecule has 1 unspecified atom stereocenters. The molecule has 5 heteroatoms. The SMILES string of the molecule is CC(N)C(=O)N(C)Cc1cncs1. The van der Waals surface area contributed by atoms with Crippen LogP contribution in [0.15, 0.2) is 11.7 Å². The predicted octanol–water partition coefficient (Wildman–Crippen LogP) is 0.449. The first-order valence-electron chi connectivity index (χ1n) is 3.99. The lowest BCUT2D eigenvalue weighted by Crippen LogP contribution is -2.39. The molecule has 0 saturated heterocycles. The summed E-state index contributed by atoms with van der Waals surface area (Å²) in [5.74, 6) is -0.0478. The van der Waals surface area contributed by atoms with Gasteiger partial charge in [-0.1, -0.05) is 0 Å². The normalized spacial score (nSPS) is 12.5. The Morgan fingerprint density at radius 2 is 2.54 bits per heavy atom. The molecule has 0 radical (unpaired) electrons. The van der Waals surface area contributed by atoms with E-state index in [0.717, 1.165) is 4.88 Å². The van der Waals surface area contributed by atoms with Crippen molar-refractivity contribution in [3.63, 3.8) is 0 Å². The van der Waals surface area contributed by atoms with Gasteiger partial charge >= 0.3 is 0 Å². The van der Waals surface area contributed by atoms with E-state index in [1.54, 1.807) is 30.6 Å². The van der Waals surface area contributed by atoms with Crippen molar-refractivity contribution in [3.8, 4) is 0 Å². The summed E-state index contributed by atoms with van der Waals surface area (Å²) in [6.07, 6.45) is 1.76. The van der Waals surface area contributed by atoms with Crippen LogP contribution in [-0.4, -0.2) is 28.9 Å². The van der Waals surface area contributed by atoms with Gasteiger partial charge in [0.25, 0.3) is 0 Å². The van der Waals surface area contributed by atoms with E-state index < -0.39 is 6.04 Å². The van der Waals surface area contributed by atoms with Gasteiger partial charge in [-0.2, -0.15) is 0 Å². The zero-order chi connectivity index (χ0) is 9.84. The van der Waals surface area contributed by atoms with Crippen LogP contribution in [0.2, 0.25) is 0 Å². The van der Waals surface area contributed by atoms with Crippen molar-refractivity contribution in [1.29, 1.82) is 0 Å². The molecule has 1 amide bonds. The molecular weight excluding hydrogens is 186 g/mol. The Morgan fingerprint density at radius 1 is 1.85 bits per heavy atom. The minimum atomic E-state index is -0.432. The summed E-state index contributed by atoms with van der Waals surface area (Å²) < 4.78 is 0. The molecule has 4 nitrogen and oxygen atoms in total. The Bertz CT molecular complexity index is 271. The molecule has 13 heavy (non-hydrogen) atoms. The Hall–Kier alpha value is -0.940. The van der Waals surface area contributed by atoms with E-state index in [1.165, 1.54) is 11.3 Å². The summed E-state index contributed by atoms with van der Waals surface area (Å²) in [5.41, 5.74) is 7.21. The van der Waals surface area contributed by atoms with Crippen LogP contribution in [0.4, 0.5) is 0 Å². The minimum absolute atomic E-state index is 0.0478. The number of aromatic nitrogens is 1. The predicted molar refractivity (Wildman–Crippen MR) is 52.2 cm³/mol. The topological polar surface area (TPSA) is 59.2 Å². The lowest BCUT2D eigenvalue weighted by atomic mass is 10.3. The number of rotatable bonds is 3. The van der Waals surface area contributed by atoms with E-state index in [-0.39, 0.29) is 5.91 Å². The summed E-state index contributed by atoms with van der Waals surface area (Å²) in [5, 5.41) is 0. The van der Waals surface area contributed by atoms with Crippen LogP contribution < -0.4 is 5.73 Å². The Labute approximate surface area is 81.4 Å². The highest BCUT2D eigenvalue weighted by Crippen LogP contribution is 2.08. The number of carbonyl (C=O) groups is 1. The molecule has 0 aromatic carbocycles. The summed E-state index contributed by atoms with van der Waals surface area (Å²) >= 11 is 1.53. The molecule has 2 N–H and O–H groups in total. The van der Waals surface area contributed by atoms with Crippen LogP contribution in [0.3, 0.4) is 0 Å². The van der Waals surface area contributed by atoms with E-state index in [1.807, 2.05) is 0 Å². The van der Waals surface area contributed by atoms with Gasteiger partial charge in [-0.15, -0.1) is 11.3 Å². The zero-order valence-corrected chi connectivity index (χ0v) is 8.54. The average Bonchev–Trinajstić information content (AvgIpc) is 2.55. The molecule has 0 aliphatic heterocycles. The maximum absolute atomic E-state index is 11.4. The second kappa shape index (κ2) is 4.34. The largest absolute Gasteiger partial charge is 0.339 e. The molecule has 1 atom stereocenters. The molecule has 1 aromatic heterocycles. The lowest BCUT2D eigenvalue weighted by molar-refractivity contribution is -0.131. The first-order chi connectivity index (χ1) is 6.11. The quantitative estimate of drug-likeness (QED) is 0.769. The van der Waals surface area contributed by atoms with Crippen molar-refractivity contribution in [2.45, 2.75) is 19.5 Å². The molecule has 0 spiro atoms. The van der Waals surface area contributed by atoms with Crippen molar-refractivity contribution in [1.82, 2.24) is 9.88 Å². The summed E-state index contributed by atoms with van der Waals surface area (Å²) in [4.78, 5) is 18.0. The van der Waals surface area contributed by atoms with Crippen LogP contribution in [0, 0.1) is 0 Å². The van der Waals surface area contributed by atoms with E-state index in [2.05, 4.69) is 4.98 Å². The van der Waals surface area contributed by atoms with Gasteiger partial charge in [0.1, 0.15) is 0 Å². The number of carbonyl (C=O) groups excluding carboxylic acids is 1. The van der Waals surface area contributed by atoms with Gasteiger partial charge in [-0.25, -0.2) is 0 Å². The molecule has 0 bridgehead atoms. The summed E-state index contributed by atoms with van der Waals surface area (Å²) in [6, 6.07) is -0.432. The zero-order valence-electron chi connectivity index (χ0n) is 7.73. The molecule has 1 rings (SSSR count). The first kappa shape index (κ1) is 10.1. The van der Waals surface area contributed by atoms with Gasteiger partial charge in [0.05, 0.1) is 18.1 Å². The fourth-order valence-electron chi connectivity index (χ4n) is 0.980. The monoisotopic (exact) mass is 199 g/mol. The van der Waals surface area contributed by atoms with Crippen molar-refractivity contribution >= 4 is 17.2 Å². The Balaban J connectivity index is 2.51. The Morgan fingerprint density at radius 3 is 3.00 bits per heavy atom. The third-order valence-corrected chi connectivity index (χ3v) is 2.41. The minimum Gasteiger partial charge on any atom is -0.339 e. The molecule has 1 aromatic rings. The molecule has 72 valence electrons. The van der Waals surface area contributed by atoms with Crippen LogP contribution >= 0.6 is 11.3 Å². The van der Waals surface area contributed by atoms with Gasteiger partial charge in [0.2, 0.25) is 5.91 Å². The van der Waals surface area contributed by atoms with Gasteiger partial charge in [0, 0.05) is 18.1 Å². The van der Waals surface area contributed by atoms with Gasteiger partial charge < -0.3 is 10.6 Å². The van der Waals surface area contributed by atoms with Crippen molar-refractivity contribution in [3.05, 3.63) is 16.6 Å². The second-order valence-corrected chi connectivity index (χ2v) is 3.92. The van der Waals surface area contributed by atoms with Gasteiger partial charge in [-0.05, 0) is 6.92 Å². The highest BCUT2D eigenvalue weighted by Gasteiger charge is 2.13. The lowest BCUT2D eigenvalue weighted by Gasteiger charge is -2.17. The highest BCUT2D eigenvalue weighted by atomic mass is 32.1. The molecular formula is C8H13N3OS. The van der Waals surface area contributed by atoms with Crippen LogP contribution in [0.1, 0.15) is 11.8 Å². The van der Waals surface area contributed by atoms with E-state index >= 15 is 0 Å². The van der Waals surface area contributed by atoms with Gasteiger partial charge in [0.15, 0.2) is 0 Å². The Kier molecular flexibility index (Phi) is 3.39. The van der Waals surface area contributed by atoms with Crippen LogP contribution in [-0.2, 0) is 11.3 Å². The maximum atomic E-state index is 11.4. The third-order valence-electron chi connectivity index (χ3n) is 1.64. The number of nitrogens with two attached hydrogens (primary N) is 1. The van der Waals surface area contributed by atoms with E-state index in [0.29, 0.717) is 6.54 Å². The first-order valence-corrected chi connectivity index (χ1v) is 4.87. The molecule has 1 heterocycles. The number of thiazole rings is 1. The fraction of sp³-hybridized carbons (Fsp3) is 0.500. The smallest absolute Gasteiger partial charge is 0.239 e. The van der Waals surface area contributed by atoms with Crippen molar-refractivity contribution in [2.24, 2.45) is 5.73 Å². The van der Waals surface area contributed by atoms with Crippen LogP contribution in [0.5, 0.6) is 0 Å². The number of likely N-dealkylation sites (N-methyl/N-ethyl adjacent to an activating group) is 1.